The fourth-order valence-electron chi connectivity index (χ4n) is 2.55. The van der Waals surface area contributed by atoms with Gasteiger partial charge in [-0.15, -0.1) is 0 Å². The van der Waals surface area contributed by atoms with E-state index in [4.69, 9.17) is 15.2 Å². The van der Waals surface area contributed by atoms with Gasteiger partial charge < -0.3 is 25.0 Å². The molecule has 2 aliphatic rings. The topological polar surface area (TPSA) is 85.1 Å². The van der Waals surface area contributed by atoms with Crippen molar-refractivity contribution in [2.45, 2.75) is 44.9 Å². The molecule has 0 aromatic heterocycles. The van der Waals surface area contributed by atoms with Crippen LogP contribution in [0, 0.1) is 0 Å². The van der Waals surface area contributed by atoms with Crippen molar-refractivity contribution in [3.05, 3.63) is 0 Å². The van der Waals surface area contributed by atoms with Crippen molar-refractivity contribution < 1.29 is 19.1 Å². The molecule has 0 radical (unpaired) electrons. The van der Waals surface area contributed by atoms with E-state index in [0.717, 1.165) is 0 Å². The third-order valence-corrected chi connectivity index (χ3v) is 3.46. The molecule has 2 saturated heterocycles. The zero-order chi connectivity index (χ0) is 15.6. The highest BCUT2D eigenvalue weighted by atomic mass is 16.6. The minimum absolute atomic E-state index is 0.0560. The van der Waals surface area contributed by atoms with Gasteiger partial charge in [-0.05, 0) is 20.8 Å². The van der Waals surface area contributed by atoms with Crippen molar-refractivity contribution in [3.63, 3.8) is 0 Å². The summed E-state index contributed by atoms with van der Waals surface area (Å²) in [5.74, 6) is 0.0560. The maximum Gasteiger partial charge on any atom is 0.410 e. The van der Waals surface area contributed by atoms with Crippen molar-refractivity contribution in [1.82, 2.24) is 9.80 Å². The van der Waals surface area contributed by atoms with Gasteiger partial charge in [0.15, 0.2) is 0 Å². The first-order chi connectivity index (χ1) is 9.74. The lowest BCUT2D eigenvalue weighted by atomic mass is 10.2. The Hall–Kier alpha value is -1.34. The fourth-order valence-corrected chi connectivity index (χ4v) is 2.55. The summed E-state index contributed by atoms with van der Waals surface area (Å²) in [7, 11) is 0. The van der Waals surface area contributed by atoms with Gasteiger partial charge in [-0.25, -0.2) is 4.79 Å². The zero-order valence-corrected chi connectivity index (χ0v) is 13.0. The summed E-state index contributed by atoms with van der Waals surface area (Å²) >= 11 is 0. The van der Waals surface area contributed by atoms with Gasteiger partial charge in [-0.2, -0.15) is 0 Å². The lowest BCUT2D eigenvalue weighted by Gasteiger charge is -2.35. The molecule has 2 heterocycles. The van der Waals surface area contributed by atoms with E-state index in [0.29, 0.717) is 39.2 Å². The summed E-state index contributed by atoms with van der Waals surface area (Å²) < 4.78 is 11.0. The Morgan fingerprint density at radius 2 is 2.14 bits per heavy atom. The zero-order valence-electron chi connectivity index (χ0n) is 13.0. The molecule has 21 heavy (non-hydrogen) atoms. The number of amides is 2. The molecule has 7 heteroatoms. The average molecular weight is 299 g/mol. The summed E-state index contributed by atoms with van der Waals surface area (Å²) in [6.07, 6.45) is -0.122. The first kappa shape index (κ1) is 16.0. The average Bonchev–Trinajstić information content (AvgIpc) is 2.66. The molecule has 0 saturated carbocycles. The van der Waals surface area contributed by atoms with Gasteiger partial charge >= 0.3 is 6.09 Å². The van der Waals surface area contributed by atoms with E-state index in [2.05, 4.69) is 0 Å². The normalized spacial score (nSPS) is 27.1. The van der Waals surface area contributed by atoms with Crippen LogP contribution in [0.4, 0.5) is 4.79 Å². The molecule has 0 aromatic rings. The molecule has 2 N–H and O–H groups in total. The van der Waals surface area contributed by atoms with Gasteiger partial charge in [0.25, 0.3) is 0 Å². The van der Waals surface area contributed by atoms with Gasteiger partial charge in [-0.1, -0.05) is 0 Å². The van der Waals surface area contributed by atoms with Crippen molar-refractivity contribution in [3.8, 4) is 0 Å². The van der Waals surface area contributed by atoms with Crippen LogP contribution in [0.1, 0.15) is 27.2 Å². The number of morpholine rings is 1. The molecule has 0 spiro atoms. The molecule has 1 unspecified atom stereocenters. The molecule has 7 nitrogen and oxygen atoms in total. The van der Waals surface area contributed by atoms with E-state index < -0.39 is 5.60 Å². The molecule has 0 bridgehead atoms. The molecule has 0 aromatic carbocycles. The predicted octanol–water partition coefficient (Wildman–Crippen LogP) is 0.182. The number of rotatable bonds is 2. The summed E-state index contributed by atoms with van der Waals surface area (Å²) in [4.78, 5) is 27.2. The van der Waals surface area contributed by atoms with Crippen molar-refractivity contribution in [1.29, 1.82) is 0 Å². The van der Waals surface area contributed by atoms with E-state index in [1.807, 2.05) is 20.8 Å². The number of hydrogen-bond acceptors (Lipinski definition) is 5. The van der Waals surface area contributed by atoms with Crippen LogP contribution in [-0.2, 0) is 14.3 Å². The van der Waals surface area contributed by atoms with Crippen LogP contribution in [-0.4, -0.2) is 72.3 Å². The highest BCUT2D eigenvalue weighted by Gasteiger charge is 2.33. The second-order valence-electron chi connectivity index (χ2n) is 6.68. The predicted molar refractivity (Wildman–Crippen MR) is 76.7 cm³/mol. The number of carbonyl (C=O) groups excluding carboxylic acids is 2. The van der Waals surface area contributed by atoms with Crippen LogP contribution in [0.5, 0.6) is 0 Å². The van der Waals surface area contributed by atoms with Gasteiger partial charge in [-0.3, -0.25) is 4.79 Å². The first-order valence-electron chi connectivity index (χ1n) is 7.37. The van der Waals surface area contributed by atoms with Crippen LogP contribution in [0.25, 0.3) is 0 Å². The number of hydrogen-bond donors (Lipinski definition) is 1. The molecule has 2 fully saturated rings. The molecule has 2 aliphatic heterocycles. The molecular formula is C14H25N3O4. The fraction of sp³-hybridized carbons (Fsp3) is 0.857. The summed E-state index contributed by atoms with van der Waals surface area (Å²) in [6, 6.07) is -0.0944. The smallest absolute Gasteiger partial charge is 0.410 e. The lowest BCUT2D eigenvalue weighted by molar-refractivity contribution is -0.130. The standard InChI is InChI=1S/C14H25N3O4/c1-14(2,3)21-13(19)16-4-5-20-11(8-16)9-17-7-10(15)6-12(17)18/h10-11H,4-9,15H2,1-3H3/t10?,11-/m0/s1. The van der Waals surface area contributed by atoms with Crippen molar-refractivity contribution >= 4 is 12.0 Å². The van der Waals surface area contributed by atoms with E-state index in [9.17, 15) is 9.59 Å². The van der Waals surface area contributed by atoms with Gasteiger partial charge in [0.1, 0.15) is 5.60 Å². The van der Waals surface area contributed by atoms with Gasteiger partial charge in [0.2, 0.25) is 5.91 Å². The van der Waals surface area contributed by atoms with Crippen molar-refractivity contribution in [2.24, 2.45) is 5.73 Å². The van der Waals surface area contributed by atoms with Gasteiger partial charge in [0.05, 0.1) is 19.3 Å². The Labute approximate surface area is 125 Å². The molecule has 2 amide bonds. The number of nitrogens with two attached hydrogens (primary N) is 1. The summed E-state index contributed by atoms with van der Waals surface area (Å²) in [5, 5.41) is 0. The largest absolute Gasteiger partial charge is 0.444 e. The third-order valence-electron chi connectivity index (χ3n) is 3.46. The number of nitrogens with zero attached hydrogens (tertiary/aromatic N) is 2. The quantitative estimate of drug-likeness (QED) is 0.786. The maximum absolute atomic E-state index is 12.1. The van der Waals surface area contributed by atoms with Crippen LogP contribution in [0.3, 0.4) is 0 Å². The Bertz CT molecular complexity index is 408. The number of carbonyl (C=O) groups is 2. The number of ether oxygens (including phenoxy) is 2. The molecule has 2 atom stereocenters. The Morgan fingerprint density at radius 1 is 1.43 bits per heavy atom. The van der Waals surface area contributed by atoms with Crippen molar-refractivity contribution in [2.75, 3.05) is 32.8 Å². The first-order valence-corrected chi connectivity index (χ1v) is 7.37. The minimum atomic E-state index is -0.511. The third kappa shape index (κ3) is 4.57. The molecule has 2 rings (SSSR count). The Morgan fingerprint density at radius 3 is 2.71 bits per heavy atom. The monoisotopic (exact) mass is 299 g/mol. The van der Waals surface area contributed by atoms with E-state index in [-0.39, 0.29) is 24.1 Å². The maximum atomic E-state index is 12.1. The van der Waals surface area contributed by atoms with E-state index in [1.54, 1.807) is 9.80 Å². The van der Waals surface area contributed by atoms with Gasteiger partial charge in [0, 0.05) is 32.1 Å². The highest BCUT2D eigenvalue weighted by Crippen LogP contribution is 2.16. The summed E-state index contributed by atoms with van der Waals surface area (Å²) in [6.45, 7) is 7.97. The van der Waals surface area contributed by atoms with E-state index in [1.165, 1.54) is 0 Å². The minimum Gasteiger partial charge on any atom is -0.444 e. The Kier molecular flexibility index (Phi) is 4.73. The second-order valence-corrected chi connectivity index (χ2v) is 6.68. The highest BCUT2D eigenvalue weighted by molar-refractivity contribution is 5.79. The Balaban J connectivity index is 1.86. The van der Waals surface area contributed by atoms with E-state index >= 15 is 0 Å². The van der Waals surface area contributed by atoms with Crippen LogP contribution in [0.2, 0.25) is 0 Å². The number of likely N-dealkylation sites (tertiary alicyclic amines) is 1. The second kappa shape index (κ2) is 6.19. The molecular weight excluding hydrogens is 274 g/mol. The SMILES string of the molecule is CC(C)(C)OC(=O)N1CCO[C@H](CN2CC(N)CC2=O)C1. The van der Waals surface area contributed by atoms with Crippen LogP contribution < -0.4 is 5.73 Å². The van der Waals surface area contributed by atoms with Crippen LogP contribution in [0.15, 0.2) is 0 Å². The lowest BCUT2D eigenvalue weighted by Crippen LogP contribution is -2.51. The summed E-state index contributed by atoms with van der Waals surface area (Å²) in [5.41, 5.74) is 5.27. The van der Waals surface area contributed by atoms with Crippen LogP contribution >= 0.6 is 0 Å². The molecule has 120 valence electrons. The molecule has 0 aliphatic carbocycles.